The average Bonchev–Trinajstić information content (AvgIpc) is 2.53. The van der Waals surface area contributed by atoms with Gasteiger partial charge >= 0.3 is 0 Å². The minimum absolute atomic E-state index is 0.577. The highest BCUT2D eigenvalue weighted by molar-refractivity contribution is 6.35. The first-order chi connectivity index (χ1) is 11.2. The third-order valence-corrected chi connectivity index (χ3v) is 4.75. The third-order valence-electron chi connectivity index (χ3n) is 4.16. The topological polar surface area (TPSA) is 9.23 Å². The maximum atomic E-state index is 6.12. The van der Waals surface area contributed by atoms with Crippen molar-refractivity contribution in [3.63, 3.8) is 0 Å². The molecule has 132 valence electrons. The van der Waals surface area contributed by atoms with Crippen LogP contribution in [0.3, 0.4) is 0 Å². The monoisotopic (exact) mass is 358 g/mol. The minimum atomic E-state index is 0.577. The Morgan fingerprint density at radius 3 is 1.91 bits per heavy atom. The molecule has 3 heteroatoms. The maximum absolute atomic E-state index is 6.12. The van der Waals surface area contributed by atoms with Gasteiger partial charge in [0.1, 0.15) is 0 Å². The third kappa shape index (κ3) is 11.0. The Hall–Kier alpha value is -0.240. The van der Waals surface area contributed by atoms with Crippen molar-refractivity contribution < 1.29 is 4.74 Å². The second-order valence-electron chi connectivity index (χ2n) is 6.32. The van der Waals surface area contributed by atoms with Gasteiger partial charge in [0.2, 0.25) is 0 Å². The molecular formula is C20H32Cl2O. The molecule has 1 aromatic rings. The molecule has 1 nitrogen and oxygen atoms in total. The fraction of sp³-hybridized carbons (Fsp3) is 0.700. The number of benzene rings is 1. The summed E-state index contributed by atoms with van der Waals surface area (Å²) in [5.41, 5.74) is 1.01. The number of rotatable bonds is 14. The summed E-state index contributed by atoms with van der Waals surface area (Å²) >= 11 is 12.0. The zero-order chi connectivity index (χ0) is 16.8. The van der Waals surface area contributed by atoms with Crippen LogP contribution in [0.4, 0.5) is 0 Å². The summed E-state index contributed by atoms with van der Waals surface area (Å²) in [7, 11) is 0. The molecule has 0 amide bonds. The van der Waals surface area contributed by atoms with Gasteiger partial charge in [-0.1, -0.05) is 100 Å². The summed E-state index contributed by atoms with van der Waals surface area (Å²) in [6.07, 6.45) is 14.9. The molecule has 0 bridgehead atoms. The lowest BCUT2D eigenvalue weighted by Crippen LogP contribution is -1.96. The number of halogens is 2. The second kappa shape index (κ2) is 14.1. The number of hydrogen-bond donors (Lipinski definition) is 0. The molecule has 1 aromatic carbocycles. The second-order valence-corrected chi connectivity index (χ2v) is 7.17. The normalized spacial score (nSPS) is 11.1. The molecule has 0 spiro atoms. The molecule has 0 N–H and O–H groups in total. The first-order valence-electron chi connectivity index (χ1n) is 9.25. The SMILES string of the molecule is CCCCCCCCCCCCCOCc1ccc(Cl)cc1Cl. The van der Waals surface area contributed by atoms with Gasteiger partial charge in [0, 0.05) is 16.7 Å². The van der Waals surface area contributed by atoms with Gasteiger partial charge in [-0.2, -0.15) is 0 Å². The van der Waals surface area contributed by atoms with Crippen LogP contribution in [0.2, 0.25) is 10.0 Å². The van der Waals surface area contributed by atoms with Crippen molar-refractivity contribution in [3.8, 4) is 0 Å². The molecule has 0 aliphatic carbocycles. The zero-order valence-corrected chi connectivity index (χ0v) is 16.1. The fourth-order valence-corrected chi connectivity index (χ4v) is 3.15. The van der Waals surface area contributed by atoms with Crippen molar-refractivity contribution in [2.45, 2.75) is 84.2 Å². The largest absolute Gasteiger partial charge is 0.377 e. The maximum Gasteiger partial charge on any atom is 0.0731 e. The van der Waals surface area contributed by atoms with Crippen LogP contribution in [-0.2, 0) is 11.3 Å². The van der Waals surface area contributed by atoms with E-state index in [-0.39, 0.29) is 0 Å². The van der Waals surface area contributed by atoms with E-state index < -0.39 is 0 Å². The van der Waals surface area contributed by atoms with E-state index in [1.54, 1.807) is 6.07 Å². The van der Waals surface area contributed by atoms with Crippen molar-refractivity contribution in [3.05, 3.63) is 33.8 Å². The van der Waals surface area contributed by atoms with Crippen LogP contribution in [0.15, 0.2) is 18.2 Å². The molecule has 0 aromatic heterocycles. The van der Waals surface area contributed by atoms with E-state index in [4.69, 9.17) is 27.9 Å². The molecule has 0 aliphatic heterocycles. The summed E-state index contributed by atoms with van der Waals surface area (Å²) in [5.74, 6) is 0. The molecule has 23 heavy (non-hydrogen) atoms. The summed E-state index contributed by atoms with van der Waals surface area (Å²) in [5, 5.41) is 1.36. The Kier molecular flexibility index (Phi) is 12.8. The van der Waals surface area contributed by atoms with Crippen LogP contribution in [0.5, 0.6) is 0 Å². The lowest BCUT2D eigenvalue weighted by molar-refractivity contribution is 0.117. The van der Waals surface area contributed by atoms with E-state index >= 15 is 0 Å². The van der Waals surface area contributed by atoms with Gasteiger partial charge in [0.25, 0.3) is 0 Å². The highest BCUT2D eigenvalue weighted by atomic mass is 35.5. The minimum Gasteiger partial charge on any atom is -0.377 e. The lowest BCUT2D eigenvalue weighted by Gasteiger charge is -2.07. The van der Waals surface area contributed by atoms with Crippen LogP contribution in [-0.4, -0.2) is 6.61 Å². The van der Waals surface area contributed by atoms with E-state index in [0.717, 1.165) is 18.6 Å². The van der Waals surface area contributed by atoms with Crippen molar-refractivity contribution in [2.75, 3.05) is 6.61 Å². The Morgan fingerprint density at radius 1 is 0.783 bits per heavy atom. The summed E-state index contributed by atoms with van der Waals surface area (Å²) < 4.78 is 5.70. The van der Waals surface area contributed by atoms with Crippen molar-refractivity contribution in [1.29, 1.82) is 0 Å². The molecule has 0 atom stereocenters. The first-order valence-corrected chi connectivity index (χ1v) is 10.0. The Bertz CT molecular complexity index is 407. The van der Waals surface area contributed by atoms with Crippen molar-refractivity contribution in [2.24, 2.45) is 0 Å². The number of ether oxygens (including phenoxy) is 1. The van der Waals surface area contributed by atoms with Crippen molar-refractivity contribution >= 4 is 23.2 Å². The molecule has 0 fully saturated rings. The molecule has 1 rings (SSSR count). The van der Waals surface area contributed by atoms with Crippen molar-refractivity contribution in [1.82, 2.24) is 0 Å². The van der Waals surface area contributed by atoms with E-state index in [9.17, 15) is 0 Å². The van der Waals surface area contributed by atoms with Gasteiger partial charge in [-0.15, -0.1) is 0 Å². The Balaban J connectivity index is 1.86. The summed E-state index contributed by atoms with van der Waals surface area (Å²) in [6.45, 7) is 3.66. The van der Waals surface area contributed by atoms with Crippen LogP contribution in [0.1, 0.15) is 83.1 Å². The van der Waals surface area contributed by atoms with E-state index in [1.165, 1.54) is 64.2 Å². The smallest absolute Gasteiger partial charge is 0.0731 e. The summed E-state index contributed by atoms with van der Waals surface area (Å²) in [4.78, 5) is 0. The van der Waals surface area contributed by atoms with Gasteiger partial charge in [-0.3, -0.25) is 0 Å². The molecule has 0 saturated carbocycles. The van der Waals surface area contributed by atoms with Gasteiger partial charge in [-0.05, 0) is 24.1 Å². The van der Waals surface area contributed by atoms with E-state index in [1.807, 2.05) is 12.1 Å². The molecule has 0 aliphatic rings. The van der Waals surface area contributed by atoms with Gasteiger partial charge < -0.3 is 4.74 Å². The van der Waals surface area contributed by atoms with Crippen LogP contribution in [0.25, 0.3) is 0 Å². The number of hydrogen-bond acceptors (Lipinski definition) is 1. The molecule has 0 heterocycles. The number of unbranched alkanes of at least 4 members (excludes halogenated alkanes) is 10. The molecule has 0 radical (unpaired) electrons. The van der Waals surface area contributed by atoms with Crippen LogP contribution < -0.4 is 0 Å². The quantitative estimate of drug-likeness (QED) is 0.308. The molecular weight excluding hydrogens is 327 g/mol. The molecule has 0 unspecified atom stereocenters. The van der Waals surface area contributed by atoms with Crippen LogP contribution in [0, 0.1) is 0 Å². The fourth-order valence-electron chi connectivity index (χ4n) is 2.69. The van der Waals surface area contributed by atoms with Gasteiger partial charge in [-0.25, -0.2) is 0 Å². The summed E-state index contributed by atoms with van der Waals surface area (Å²) in [6, 6.07) is 5.56. The predicted molar refractivity (Wildman–Crippen MR) is 103 cm³/mol. The first kappa shape index (κ1) is 20.8. The average molecular weight is 359 g/mol. The highest BCUT2D eigenvalue weighted by Gasteiger charge is 2.01. The Morgan fingerprint density at radius 2 is 1.35 bits per heavy atom. The standard InChI is InChI=1S/C20H32Cl2O/c1-2-3-4-5-6-7-8-9-10-11-12-15-23-17-18-13-14-19(21)16-20(18)22/h13-14,16H,2-12,15,17H2,1H3. The van der Waals surface area contributed by atoms with Gasteiger partial charge in [0.05, 0.1) is 6.61 Å². The van der Waals surface area contributed by atoms with Crippen LogP contribution >= 0.6 is 23.2 Å². The lowest BCUT2D eigenvalue weighted by atomic mass is 10.1. The van der Waals surface area contributed by atoms with E-state index in [0.29, 0.717) is 16.7 Å². The highest BCUT2D eigenvalue weighted by Crippen LogP contribution is 2.21. The van der Waals surface area contributed by atoms with Gasteiger partial charge in [0.15, 0.2) is 0 Å². The van der Waals surface area contributed by atoms with E-state index in [2.05, 4.69) is 6.92 Å². The zero-order valence-electron chi connectivity index (χ0n) is 14.6. The Labute approximate surface area is 152 Å². The predicted octanol–water partition coefficient (Wildman–Crippen LogP) is 7.82. The molecule has 0 saturated heterocycles.